The molecule has 0 aliphatic carbocycles. The van der Waals surface area contributed by atoms with E-state index in [0.717, 1.165) is 18.4 Å². The van der Waals surface area contributed by atoms with Gasteiger partial charge in [-0.25, -0.2) is 4.79 Å². The van der Waals surface area contributed by atoms with Gasteiger partial charge in [0.2, 0.25) is 0 Å². The lowest BCUT2D eigenvalue weighted by molar-refractivity contribution is -0.385. The summed E-state index contributed by atoms with van der Waals surface area (Å²) in [6.45, 7) is 2.23. The molecule has 2 aromatic rings. The third kappa shape index (κ3) is 3.66. The lowest BCUT2D eigenvalue weighted by Crippen LogP contribution is -2.09. The Morgan fingerprint density at radius 1 is 1.23 bits per heavy atom. The van der Waals surface area contributed by atoms with Crippen LogP contribution in [0.1, 0.15) is 30.1 Å². The summed E-state index contributed by atoms with van der Waals surface area (Å²) in [4.78, 5) is 26.5. The van der Waals surface area contributed by atoms with Crippen molar-refractivity contribution in [2.45, 2.75) is 19.8 Å². The number of hydrogen-bond acceptors (Lipinski definition) is 5. The molecule has 0 N–H and O–H groups in total. The van der Waals surface area contributed by atoms with E-state index in [0.29, 0.717) is 5.56 Å². The maximum atomic E-state index is 12.0. The van der Waals surface area contributed by atoms with Gasteiger partial charge in [-0.1, -0.05) is 19.4 Å². The van der Waals surface area contributed by atoms with Crippen molar-refractivity contribution >= 4 is 11.7 Å². The van der Waals surface area contributed by atoms with Crippen LogP contribution in [0.3, 0.4) is 0 Å². The largest absolute Gasteiger partial charge is 0.462 e. The predicted molar refractivity (Wildman–Crippen MR) is 81.5 cm³/mol. The van der Waals surface area contributed by atoms with Gasteiger partial charge in [0.05, 0.1) is 11.5 Å². The van der Waals surface area contributed by atoms with E-state index in [1.165, 1.54) is 12.1 Å². The third-order valence-corrected chi connectivity index (χ3v) is 3.16. The van der Waals surface area contributed by atoms with Crippen molar-refractivity contribution in [1.82, 2.24) is 4.98 Å². The minimum absolute atomic E-state index is 0.0288. The van der Waals surface area contributed by atoms with Gasteiger partial charge in [0.15, 0.2) is 0 Å². The molecule has 0 bridgehead atoms. The molecule has 114 valence electrons. The summed E-state index contributed by atoms with van der Waals surface area (Å²) < 4.78 is 5.05. The first-order valence-corrected chi connectivity index (χ1v) is 6.99. The van der Waals surface area contributed by atoms with E-state index in [-0.39, 0.29) is 17.9 Å². The van der Waals surface area contributed by atoms with E-state index in [2.05, 4.69) is 4.98 Å². The van der Waals surface area contributed by atoms with E-state index >= 15 is 0 Å². The Kier molecular flexibility index (Phi) is 5.19. The van der Waals surface area contributed by atoms with Crippen LogP contribution in [0.25, 0.3) is 11.1 Å². The summed E-state index contributed by atoms with van der Waals surface area (Å²) in [7, 11) is 0. The molecule has 0 saturated heterocycles. The van der Waals surface area contributed by atoms with Crippen LogP contribution in [0.15, 0.2) is 42.7 Å². The van der Waals surface area contributed by atoms with Crippen molar-refractivity contribution in [3.05, 3.63) is 58.4 Å². The molecule has 1 heterocycles. The number of esters is 1. The highest BCUT2D eigenvalue weighted by atomic mass is 16.6. The highest BCUT2D eigenvalue weighted by Crippen LogP contribution is 2.27. The monoisotopic (exact) mass is 300 g/mol. The zero-order valence-electron chi connectivity index (χ0n) is 12.2. The number of nitro groups is 1. The molecule has 0 spiro atoms. The van der Waals surface area contributed by atoms with Crippen LogP contribution in [0.4, 0.5) is 5.69 Å². The molecular formula is C16H16N2O4. The van der Waals surface area contributed by atoms with Crippen LogP contribution < -0.4 is 0 Å². The Bertz CT molecular complexity index is 671. The molecule has 6 nitrogen and oxygen atoms in total. The van der Waals surface area contributed by atoms with Crippen molar-refractivity contribution in [2.75, 3.05) is 6.61 Å². The third-order valence-electron chi connectivity index (χ3n) is 3.16. The zero-order chi connectivity index (χ0) is 15.9. The minimum Gasteiger partial charge on any atom is -0.462 e. The molecule has 2 rings (SSSR count). The lowest BCUT2D eigenvalue weighted by atomic mass is 10.0. The Hall–Kier alpha value is -2.76. The molecule has 22 heavy (non-hydrogen) atoms. The number of ether oxygens (including phenoxy) is 1. The number of nitrogens with zero attached hydrogens (tertiary/aromatic N) is 2. The molecule has 0 aliphatic heterocycles. The number of pyridine rings is 1. The van der Waals surface area contributed by atoms with Crippen molar-refractivity contribution in [1.29, 1.82) is 0 Å². The van der Waals surface area contributed by atoms with Gasteiger partial charge >= 0.3 is 5.97 Å². The van der Waals surface area contributed by atoms with Crippen LogP contribution in [0.2, 0.25) is 0 Å². The first kappa shape index (κ1) is 15.6. The SMILES string of the molecule is CCCCOC(=O)c1ccc(-c2ccncc2)cc1[N+](=O)[O-]. The number of hydrogen-bond donors (Lipinski definition) is 0. The standard InChI is InChI=1S/C16H16N2O4/c1-2-3-10-22-16(19)14-5-4-13(11-15(14)18(20)21)12-6-8-17-9-7-12/h4-9,11H,2-3,10H2,1H3. The average molecular weight is 300 g/mol. The second-order valence-corrected chi connectivity index (χ2v) is 4.71. The van der Waals surface area contributed by atoms with E-state index < -0.39 is 10.9 Å². The van der Waals surface area contributed by atoms with Crippen LogP contribution in [-0.4, -0.2) is 22.5 Å². The van der Waals surface area contributed by atoms with Crippen LogP contribution in [-0.2, 0) is 4.74 Å². The summed E-state index contributed by atoms with van der Waals surface area (Å²) in [6.07, 6.45) is 4.83. The van der Waals surface area contributed by atoms with Crippen LogP contribution >= 0.6 is 0 Å². The summed E-state index contributed by atoms with van der Waals surface area (Å²) in [6, 6.07) is 7.98. The van der Waals surface area contributed by atoms with Gasteiger partial charge in [-0.2, -0.15) is 0 Å². The van der Waals surface area contributed by atoms with Gasteiger partial charge < -0.3 is 4.74 Å². The van der Waals surface area contributed by atoms with Gasteiger partial charge in [-0.3, -0.25) is 15.1 Å². The van der Waals surface area contributed by atoms with Crippen molar-refractivity contribution < 1.29 is 14.5 Å². The van der Waals surface area contributed by atoms with Crippen LogP contribution in [0, 0.1) is 10.1 Å². The van der Waals surface area contributed by atoms with Gasteiger partial charge in [0.25, 0.3) is 5.69 Å². The number of carbonyl (C=O) groups is 1. The van der Waals surface area contributed by atoms with Gasteiger partial charge in [0, 0.05) is 18.5 Å². The predicted octanol–water partition coefficient (Wildman–Crippen LogP) is 3.61. The molecule has 0 aliphatic rings. The maximum absolute atomic E-state index is 12.0. The molecule has 0 atom stereocenters. The number of rotatable bonds is 6. The summed E-state index contributed by atoms with van der Waals surface area (Å²) >= 11 is 0. The Morgan fingerprint density at radius 2 is 1.95 bits per heavy atom. The molecule has 0 fully saturated rings. The Morgan fingerprint density at radius 3 is 2.59 bits per heavy atom. The van der Waals surface area contributed by atoms with Crippen LogP contribution in [0.5, 0.6) is 0 Å². The quantitative estimate of drug-likeness (QED) is 0.352. The summed E-state index contributed by atoms with van der Waals surface area (Å²) in [5.74, 6) is -0.665. The van der Waals surface area contributed by atoms with Gasteiger partial charge in [0.1, 0.15) is 5.56 Å². The first-order valence-electron chi connectivity index (χ1n) is 6.99. The average Bonchev–Trinajstić information content (AvgIpc) is 2.55. The number of aromatic nitrogens is 1. The second-order valence-electron chi connectivity index (χ2n) is 4.71. The molecular weight excluding hydrogens is 284 g/mol. The fraction of sp³-hybridized carbons (Fsp3) is 0.250. The maximum Gasteiger partial charge on any atom is 0.345 e. The van der Waals surface area contributed by atoms with Crippen molar-refractivity contribution in [3.8, 4) is 11.1 Å². The lowest BCUT2D eigenvalue weighted by Gasteiger charge is -2.07. The highest BCUT2D eigenvalue weighted by molar-refractivity contribution is 5.95. The topological polar surface area (TPSA) is 82.3 Å². The normalized spacial score (nSPS) is 10.2. The van der Waals surface area contributed by atoms with Crippen molar-refractivity contribution in [2.24, 2.45) is 0 Å². The molecule has 0 unspecified atom stereocenters. The summed E-state index contributed by atoms with van der Waals surface area (Å²) in [5, 5.41) is 11.2. The number of unbranched alkanes of at least 4 members (excludes halogenated alkanes) is 1. The Labute approximate surface area is 127 Å². The molecule has 0 saturated carbocycles. The zero-order valence-corrected chi connectivity index (χ0v) is 12.2. The van der Waals surface area contributed by atoms with Crippen molar-refractivity contribution in [3.63, 3.8) is 0 Å². The number of nitro benzene ring substituents is 1. The number of carbonyl (C=O) groups excluding carboxylic acids is 1. The van der Waals surface area contributed by atoms with Gasteiger partial charge in [-0.05, 0) is 35.7 Å². The molecule has 0 radical (unpaired) electrons. The van der Waals surface area contributed by atoms with E-state index in [1.807, 2.05) is 6.92 Å². The molecule has 1 aromatic heterocycles. The first-order chi connectivity index (χ1) is 10.6. The fourth-order valence-electron chi connectivity index (χ4n) is 1.97. The van der Waals surface area contributed by atoms with E-state index in [1.54, 1.807) is 30.6 Å². The molecule has 6 heteroatoms. The second kappa shape index (κ2) is 7.31. The minimum atomic E-state index is -0.665. The smallest absolute Gasteiger partial charge is 0.345 e. The van der Waals surface area contributed by atoms with E-state index in [9.17, 15) is 14.9 Å². The van der Waals surface area contributed by atoms with E-state index in [4.69, 9.17) is 4.74 Å². The van der Waals surface area contributed by atoms with Gasteiger partial charge in [-0.15, -0.1) is 0 Å². The number of benzene rings is 1. The molecule has 0 amide bonds. The highest BCUT2D eigenvalue weighted by Gasteiger charge is 2.22. The Balaban J connectivity index is 2.32. The summed E-state index contributed by atoms with van der Waals surface area (Å²) in [5.41, 5.74) is 1.16. The molecule has 1 aromatic carbocycles. The fourth-order valence-corrected chi connectivity index (χ4v) is 1.97.